The summed E-state index contributed by atoms with van der Waals surface area (Å²) >= 11 is 5.92. The minimum Gasteiger partial charge on any atom is -0.347 e. The van der Waals surface area contributed by atoms with Crippen LogP contribution in [-0.4, -0.2) is 36.3 Å². The van der Waals surface area contributed by atoms with E-state index in [2.05, 4.69) is 5.32 Å². The molecule has 2 saturated carbocycles. The Kier molecular flexibility index (Phi) is 6.35. The number of carbonyl (C=O) groups excluding carboxylic acids is 2. The fraction of sp³-hybridized carbons (Fsp3) is 0.600. The summed E-state index contributed by atoms with van der Waals surface area (Å²) in [4.78, 5) is 26.6. The average Bonchev–Trinajstić information content (AvgIpc) is 3.26. The smallest absolute Gasteiger partial charge is 0.241 e. The maximum absolute atomic E-state index is 12.6. The molecule has 136 valence electrons. The van der Waals surface area contributed by atoms with Crippen molar-refractivity contribution in [3.8, 4) is 0 Å². The highest BCUT2D eigenvalue weighted by Crippen LogP contribution is 2.30. The Morgan fingerprint density at radius 1 is 1.08 bits per heavy atom. The van der Waals surface area contributed by atoms with Crippen molar-refractivity contribution in [2.24, 2.45) is 11.8 Å². The molecule has 0 saturated heterocycles. The third kappa shape index (κ3) is 5.74. The van der Waals surface area contributed by atoms with Gasteiger partial charge in [0.1, 0.15) is 0 Å². The molecular weight excluding hydrogens is 336 g/mol. The van der Waals surface area contributed by atoms with Crippen molar-refractivity contribution < 1.29 is 9.59 Å². The van der Waals surface area contributed by atoms with Crippen LogP contribution < -0.4 is 5.32 Å². The topological polar surface area (TPSA) is 49.4 Å². The van der Waals surface area contributed by atoms with Gasteiger partial charge in [-0.3, -0.25) is 9.59 Å². The van der Waals surface area contributed by atoms with Gasteiger partial charge in [0.2, 0.25) is 11.8 Å². The van der Waals surface area contributed by atoms with Crippen LogP contribution in [0.4, 0.5) is 0 Å². The molecule has 1 aromatic carbocycles. The molecule has 3 rings (SSSR count). The summed E-state index contributed by atoms with van der Waals surface area (Å²) in [5.74, 6) is 0.834. The first-order chi connectivity index (χ1) is 12.1. The second-order valence-electron chi connectivity index (χ2n) is 7.36. The summed E-state index contributed by atoms with van der Waals surface area (Å²) in [6.07, 6.45) is 7.40. The highest BCUT2D eigenvalue weighted by Gasteiger charge is 2.27. The molecule has 2 fully saturated rings. The van der Waals surface area contributed by atoms with Crippen molar-refractivity contribution in [3.63, 3.8) is 0 Å². The minimum atomic E-state index is 0.0345. The summed E-state index contributed by atoms with van der Waals surface area (Å²) < 4.78 is 0. The summed E-state index contributed by atoms with van der Waals surface area (Å²) in [5.41, 5.74) is 1.17. The van der Waals surface area contributed by atoms with E-state index in [0.717, 1.165) is 43.7 Å². The SMILES string of the molecule is O=C(NCC(=O)N(CCc1ccc(Cl)cc1)CC1CC1)C1CCCC1. The second-order valence-corrected chi connectivity index (χ2v) is 7.80. The van der Waals surface area contributed by atoms with Crippen LogP contribution in [-0.2, 0) is 16.0 Å². The molecule has 25 heavy (non-hydrogen) atoms. The Labute approximate surface area is 154 Å². The minimum absolute atomic E-state index is 0.0345. The molecule has 2 amide bonds. The molecule has 4 nitrogen and oxygen atoms in total. The molecule has 0 atom stereocenters. The Balaban J connectivity index is 1.49. The van der Waals surface area contributed by atoms with E-state index in [9.17, 15) is 9.59 Å². The first-order valence-electron chi connectivity index (χ1n) is 9.42. The molecular formula is C20H27ClN2O2. The number of hydrogen-bond donors (Lipinski definition) is 1. The number of amides is 2. The van der Waals surface area contributed by atoms with Gasteiger partial charge in [0.05, 0.1) is 6.54 Å². The largest absolute Gasteiger partial charge is 0.347 e. The van der Waals surface area contributed by atoms with E-state index >= 15 is 0 Å². The van der Waals surface area contributed by atoms with E-state index in [0.29, 0.717) is 12.5 Å². The summed E-state index contributed by atoms with van der Waals surface area (Å²) in [6, 6.07) is 7.77. The molecule has 0 aliphatic heterocycles. The van der Waals surface area contributed by atoms with Gasteiger partial charge in [-0.05, 0) is 55.7 Å². The highest BCUT2D eigenvalue weighted by atomic mass is 35.5. The zero-order valence-corrected chi connectivity index (χ0v) is 15.4. The zero-order chi connectivity index (χ0) is 17.6. The number of benzene rings is 1. The fourth-order valence-electron chi connectivity index (χ4n) is 3.45. The number of nitrogens with zero attached hydrogens (tertiary/aromatic N) is 1. The molecule has 2 aliphatic carbocycles. The van der Waals surface area contributed by atoms with Crippen molar-refractivity contribution in [1.29, 1.82) is 0 Å². The van der Waals surface area contributed by atoms with E-state index in [1.54, 1.807) is 0 Å². The van der Waals surface area contributed by atoms with Crippen LogP contribution >= 0.6 is 11.6 Å². The lowest BCUT2D eigenvalue weighted by Crippen LogP contribution is -2.43. The second kappa shape index (κ2) is 8.70. The van der Waals surface area contributed by atoms with Gasteiger partial charge in [-0.25, -0.2) is 0 Å². The van der Waals surface area contributed by atoms with Crippen LogP contribution in [0, 0.1) is 11.8 Å². The Hall–Kier alpha value is -1.55. The van der Waals surface area contributed by atoms with E-state index in [1.165, 1.54) is 18.4 Å². The highest BCUT2D eigenvalue weighted by molar-refractivity contribution is 6.30. The van der Waals surface area contributed by atoms with Gasteiger partial charge in [0, 0.05) is 24.0 Å². The van der Waals surface area contributed by atoms with Crippen LogP contribution in [0.15, 0.2) is 24.3 Å². The maximum atomic E-state index is 12.6. The summed E-state index contributed by atoms with van der Waals surface area (Å²) in [5, 5.41) is 3.58. The third-order valence-corrected chi connectivity index (χ3v) is 5.50. The van der Waals surface area contributed by atoms with Crippen molar-refractivity contribution in [2.45, 2.75) is 44.9 Å². The molecule has 0 bridgehead atoms. The van der Waals surface area contributed by atoms with Crippen molar-refractivity contribution in [3.05, 3.63) is 34.9 Å². The van der Waals surface area contributed by atoms with Gasteiger partial charge in [0.25, 0.3) is 0 Å². The standard InChI is InChI=1S/C20H27ClN2O2/c21-18-9-7-15(8-10-18)11-12-23(14-16-5-6-16)19(24)13-22-20(25)17-3-1-2-4-17/h7-10,16-17H,1-6,11-14H2,(H,22,25). The van der Waals surface area contributed by atoms with Gasteiger partial charge < -0.3 is 10.2 Å². The third-order valence-electron chi connectivity index (χ3n) is 5.25. The van der Waals surface area contributed by atoms with E-state index in [-0.39, 0.29) is 24.3 Å². The number of hydrogen-bond acceptors (Lipinski definition) is 2. The molecule has 0 radical (unpaired) electrons. The maximum Gasteiger partial charge on any atom is 0.241 e. The van der Waals surface area contributed by atoms with Crippen molar-refractivity contribution in [1.82, 2.24) is 10.2 Å². The van der Waals surface area contributed by atoms with Gasteiger partial charge in [-0.1, -0.05) is 36.6 Å². The quantitative estimate of drug-likeness (QED) is 0.770. The number of rotatable bonds is 8. The first kappa shape index (κ1) is 18.2. The first-order valence-corrected chi connectivity index (χ1v) is 9.79. The van der Waals surface area contributed by atoms with E-state index in [4.69, 9.17) is 11.6 Å². The van der Waals surface area contributed by atoms with Gasteiger partial charge >= 0.3 is 0 Å². The van der Waals surface area contributed by atoms with Crippen LogP contribution in [0.2, 0.25) is 5.02 Å². The molecule has 5 heteroatoms. The molecule has 0 aromatic heterocycles. The van der Waals surface area contributed by atoms with Gasteiger partial charge in [0.15, 0.2) is 0 Å². The molecule has 2 aliphatic rings. The molecule has 0 spiro atoms. The predicted octanol–water partition coefficient (Wildman–Crippen LogP) is 3.43. The lowest BCUT2D eigenvalue weighted by molar-refractivity contribution is -0.134. The van der Waals surface area contributed by atoms with E-state index < -0.39 is 0 Å². The Morgan fingerprint density at radius 2 is 1.76 bits per heavy atom. The average molecular weight is 363 g/mol. The lowest BCUT2D eigenvalue weighted by atomic mass is 10.1. The number of halogens is 1. The summed E-state index contributed by atoms with van der Waals surface area (Å²) in [6.45, 7) is 1.63. The normalized spacial score (nSPS) is 17.5. The number of nitrogens with one attached hydrogen (secondary N) is 1. The molecule has 0 heterocycles. The van der Waals surface area contributed by atoms with E-state index in [1.807, 2.05) is 29.2 Å². The van der Waals surface area contributed by atoms with Crippen molar-refractivity contribution in [2.75, 3.05) is 19.6 Å². The fourth-order valence-corrected chi connectivity index (χ4v) is 3.58. The Bertz CT molecular complexity index is 592. The Morgan fingerprint density at radius 3 is 2.40 bits per heavy atom. The molecule has 0 unspecified atom stereocenters. The van der Waals surface area contributed by atoms with Crippen LogP contribution in [0.25, 0.3) is 0 Å². The number of carbonyl (C=O) groups is 2. The van der Waals surface area contributed by atoms with Gasteiger partial charge in [-0.15, -0.1) is 0 Å². The summed E-state index contributed by atoms with van der Waals surface area (Å²) in [7, 11) is 0. The van der Waals surface area contributed by atoms with Crippen LogP contribution in [0.5, 0.6) is 0 Å². The molecule has 1 N–H and O–H groups in total. The monoisotopic (exact) mass is 362 g/mol. The van der Waals surface area contributed by atoms with Crippen LogP contribution in [0.3, 0.4) is 0 Å². The lowest BCUT2D eigenvalue weighted by Gasteiger charge is -2.23. The predicted molar refractivity (Wildman–Crippen MR) is 99.4 cm³/mol. The van der Waals surface area contributed by atoms with Crippen molar-refractivity contribution >= 4 is 23.4 Å². The zero-order valence-electron chi connectivity index (χ0n) is 14.7. The van der Waals surface area contributed by atoms with Crippen LogP contribution in [0.1, 0.15) is 44.1 Å². The van der Waals surface area contributed by atoms with Gasteiger partial charge in [-0.2, -0.15) is 0 Å². The molecule has 1 aromatic rings.